The van der Waals surface area contributed by atoms with E-state index >= 15 is 0 Å². The Morgan fingerprint density at radius 3 is 2.56 bits per heavy atom. The summed E-state index contributed by atoms with van der Waals surface area (Å²) in [5.41, 5.74) is -0.714. The van der Waals surface area contributed by atoms with Crippen LogP contribution in [0.15, 0.2) is 36.4 Å². The van der Waals surface area contributed by atoms with Gasteiger partial charge in [-0.25, -0.2) is 19.1 Å². The maximum absolute atomic E-state index is 13.0. The maximum atomic E-state index is 13.0. The van der Waals surface area contributed by atoms with Gasteiger partial charge < -0.3 is 10.1 Å². The Hall–Kier alpha value is -3.17. The zero-order valence-corrected chi connectivity index (χ0v) is 13.9. The number of amides is 2. The molecule has 1 aliphatic rings. The van der Waals surface area contributed by atoms with Crippen LogP contribution in [0.3, 0.4) is 0 Å². The summed E-state index contributed by atoms with van der Waals surface area (Å²) in [7, 11) is 0. The van der Waals surface area contributed by atoms with Gasteiger partial charge in [-0.3, -0.25) is 4.79 Å². The van der Waals surface area contributed by atoms with E-state index in [9.17, 15) is 27.2 Å². The smallest absolute Gasteiger partial charge is 0.416 e. The van der Waals surface area contributed by atoms with Crippen molar-refractivity contribution in [3.8, 4) is 0 Å². The summed E-state index contributed by atoms with van der Waals surface area (Å²) < 4.78 is 56.9. The standard InChI is InChI=1S/C17H13F4N3O3/c1-9-6-10(17(19,20)21)7-14(22-9)24-13(8-27-16(24)26)15(25)23-12-4-2-11(18)3-5-12/h2-7,13H,8H2,1H3,(H,23,25)/t13-/m0/s1. The first-order valence-corrected chi connectivity index (χ1v) is 7.73. The minimum Gasteiger partial charge on any atom is -0.446 e. The first kappa shape index (κ1) is 18.6. The number of alkyl halides is 3. The van der Waals surface area contributed by atoms with Gasteiger partial charge in [0, 0.05) is 11.4 Å². The van der Waals surface area contributed by atoms with E-state index < -0.39 is 35.6 Å². The molecule has 2 aromatic rings. The van der Waals surface area contributed by atoms with Gasteiger partial charge in [-0.1, -0.05) is 0 Å². The van der Waals surface area contributed by atoms with Crippen molar-refractivity contribution < 1.29 is 31.9 Å². The van der Waals surface area contributed by atoms with E-state index in [0.29, 0.717) is 6.07 Å². The van der Waals surface area contributed by atoms with Crippen LogP contribution in [0.1, 0.15) is 11.3 Å². The lowest BCUT2D eigenvalue weighted by Gasteiger charge is -2.21. The van der Waals surface area contributed by atoms with E-state index in [4.69, 9.17) is 4.74 Å². The molecule has 0 unspecified atom stereocenters. The zero-order valence-electron chi connectivity index (χ0n) is 13.9. The lowest BCUT2D eigenvalue weighted by molar-refractivity contribution is -0.137. The monoisotopic (exact) mass is 383 g/mol. The van der Waals surface area contributed by atoms with Crippen LogP contribution in [0.4, 0.5) is 33.9 Å². The number of nitrogens with zero attached hydrogens (tertiary/aromatic N) is 2. The highest BCUT2D eigenvalue weighted by molar-refractivity contribution is 6.04. The number of halogens is 4. The number of hydrogen-bond acceptors (Lipinski definition) is 4. The topological polar surface area (TPSA) is 71.5 Å². The third-order valence-electron chi connectivity index (χ3n) is 3.80. The number of aryl methyl sites for hydroxylation is 1. The van der Waals surface area contributed by atoms with Crippen molar-refractivity contribution in [1.29, 1.82) is 0 Å². The second-order valence-electron chi connectivity index (χ2n) is 5.81. The van der Waals surface area contributed by atoms with Crippen LogP contribution in [0.2, 0.25) is 0 Å². The molecule has 142 valence electrons. The molecule has 3 rings (SSSR count). The molecule has 0 bridgehead atoms. The van der Waals surface area contributed by atoms with Crippen molar-refractivity contribution in [2.24, 2.45) is 0 Å². The Labute approximate surface area is 150 Å². The maximum Gasteiger partial charge on any atom is 0.416 e. The zero-order chi connectivity index (χ0) is 19.8. The fourth-order valence-corrected chi connectivity index (χ4v) is 2.56. The summed E-state index contributed by atoms with van der Waals surface area (Å²) >= 11 is 0. The van der Waals surface area contributed by atoms with Gasteiger partial charge in [0.05, 0.1) is 5.56 Å². The molecular formula is C17H13F4N3O3. The minimum absolute atomic E-state index is 0.0252. The normalized spacial score (nSPS) is 17.0. The lowest BCUT2D eigenvalue weighted by atomic mass is 10.2. The Morgan fingerprint density at radius 1 is 1.26 bits per heavy atom. The van der Waals surface area contributed by atoms with Gasteiger partial charge in [-0.05, 0) is 43.3 Å². The summed E-state index contributed by atoms with van der Waals surface area (Å²) in [5.74, 6) is -1.55. The number of carbonyl (C=O) groups excluding carboxylic acids is 2. The molecule has 0 saturated carbocycles. The second-order valence-corrected chi connectivity index (χ2v) is 5.81. The van der Waals surface area contributed by atoms with Crippen LogP contribution in [-0.2, 0) is 15.7 Å². The number of hydrogen-bond donors (Lipinski definition) is 1. The van der Waals surface area contributed by atoms with Gasteiger partial charge in [0.15, 0.2) is 6.04 Å². The fourth-order valence-electron chi connectivity index (χ4n) is 2.56. The van der Waals surface area contributed by atoms with Crippen LogP contribution < -0.4 is 10.2 Å². The first-order chi connectivity index (χ1) is 12.6. The van der Waals surface area contributed by atoms with Gasteiger partial charge in [-0.15, -0.1) is 0 Å². The van der Waals surface area contributed by atoms with Crippen LogP contribution in [0.5, 0.6) is 0 Å². The third-order valence-corrected chi connectivity index (χ3v) is 3.80. The number of cyclic esters (lactones) is 1. The minimum atomic E-state index is -4.64. The van der Waals surface area contributed by atoms with E-state index in [1.165, 1.54) is 19.1 Å². The Balaban J connectivity index is 1.89. The van der Waals surface area contributed by atoms with Gasteiger partial charge in [-0.2, -0.15) is 13.2 Å². The van der Waals surface area contributed by atoms with E-state index in [0.717, 1.165) is 23.1 Å². The van der Waals surface area contributed by atoms with Crippen LogP contribution in [0.25, 0.3) is 0 Å². The summed E-state index contributed by atoms with van der Waals surface area (Å²) in [6.45, 7) is 0.983. The number of rotatable bonds is 3. The molecule has 2 heterocycles. The predicted octanol–water partition coefficient (Wildman–Crippen LogP) is 3.51. The number of anilines is 2. The molecule has 0 aliphatic carbocycles. The highest BCUT2D eigenvalue weighted by atomic mass is 19.4. The van der Waals surface area contributed by atoms with Crippen LogP contribution in [0, 0.1) is 12.7 Å². The number of aromatic nitrogens is 1. The first-order valence-electron chi connectivity index (χ1n) is 7.73. The summed E-state index contributed by atoms with van der Waals surface area (Å²) in [6.07, 6.45) is -5.63. The number of carbonyl (C=O) groups is 2. The SMILES string of the molecule is Cc1cc(C(F)(F)F)cc(N2C(=O)OC[C@H]2C(=O)Nc2ccc(F)cc2)n1. The number of nitrogens with one attached hydrogen (secondary N) is 1. The molecule has 0 spiro atoms. The highest BCUT2D eigenvalue weighted by Gasteiger charge is 2.41. The van der Waals surface area contributed by atoms with Crippen molar-refractivity contribution in [2.75, 3.05) is 16.8 Å². The van der Waals surface area contributed by atoms with Gasteiger partial charge in [0.2, 0.25) is 0 Å². The predicted molar refractivity (Wildman–Crippen MR) is 86.6 cm³/mol. The average molecular weight is 383 g/mol. The van der Waals surface area contributed by atoms with E-state index in [1.807, 2.05) is 0 Å². The Morgan fingerprint density at radius 2 is 1.93 bits per heavy atom. The fraction of sp³-hybridized carbons (Fsp3) is 0.235. The summed E-state index contributed by atoms with van der Waals surface area (Å²) in [6, 6.07) is 5.15. The molecule has 6 nitrogen and oxygen atoms in total. The molecule has 1 N–H and O–H groups in total. The van der Waals surface area contributed by atoms with E-state index in [-0.39, 0.29) is 23.8 Å². The lowest BCUT2D eigenvalue weighted by Crippen LogP contribution is -2.43. The molecule has 1 aliphatic heterocycles. The number of benzene rings is 1. The molecule has 0 radical (unpaired) electrons. The van der Waals surface area contributed by atoms with Crippen molar-refractivity contribution in [2.45, 2.75) is 19.1 Å². The molecule has 1 aromatic heterocycles. The quantitative estimate of drug-likeness (QED) is 0.824. The third kappa shape index (κ3) is 3.99. The van der Waals surface area contributed by atoms with Crippen molar-refractivity contribution >= 4 is 23.5 Å². The van der Waals surface area contributed by atoms with Gasteiger partial charge in [0.1, 0.15) is 18.2 Å². The average Bonchev–Trinajstić information content (AvgIpc) is 2.97. The molecule has 27 heavy (non-hydrogen) atoms. The number of ether oxygens (including phenoxy) is 1. The van der Waals surface area contributed by atoms with Crippen molar-refractivity contribution in [1.82, 2.24) is 4.98 Å². The molecular weight excluding hydrogens is 370 g/mol. The molecule has 1 fully saturated rings. The van der Waals surface area contributed by atoms with Gasteiger partial charge >= 0.3 is 12.3 Å². The largest absolute Gasteiger partial charge is 0.446 e. The Bertz CT molecular complexity index is 884. The van der Waals surface area contributed by atoms with Crippen LogP contribution >= 0.6 is 0 Å². The van der Waals surface area contributed by atoms with Gasteiger partial charge in [0.25, 0.3) is 5.91 Å². The molecule has 1 saturated heterocycles. The van der Waals surface area contributed by atoms with Crippen molar-refractivity contribution in [3.05, 3.63) is 53.5 Å². The summed E-state index contributed by atoms with van der Waals surface area (Å²) in [4.78, 5) is 29.2. The van der Waals surface area contributed by atoms with Crippen LogP contribution in [-0.4, -0.2) is 29.6 Å². The van der Waals surface area contributed by atoms with Crippen molar-refractivity contribution in [3.63, 3.8) is 0 Å². The number of pyridine rings is 1. The summed E-state index contributed by atoms with van der Waals surface area (Å²) in [5, 5.41) is 2.46. The second kappa shape index (κ2) is 6.86. The molecule has 1 aromatic carbocycles. The Kier molecular flexibility index (Phi) is 4.73. The molecule has 10 heteroatoms. The molecule has 2 amide bonds. The van der Waals surface area contributed by atoms with E-state index in [2.05, 4.69) is 10.3 Å². The van der Waals surface area contributed by atoms with E-state index in [1.54, 1.807) is 0 Å². The molecule has 1 atom stereocenters. The highest BCUT2D eigenvalue weighted by Crippen LogP contribution is 2.33.